The van der Waals surface area contributed by atoms with Gasteiger partial charge in [0.05, 0.1) is 22.6 Å². The number of nitrogens with zero attached hydrogens (tertiary/aromatic N) is 4. The van der Waals surface area contributed by atoms with Gasteiger partial charge in [-0.15, -0.1) is 0 Å². The number of H-pyrrole nitrogens is 2. The molecule has 0 bridgehead atoms. The molecule has 0 atom stereocenters. The lowest BCUT2D eigenvalue weighted by molar-refractivity contribution is 0.631. The van der Waals surface area contributed by atoms with E-state index in [-0.39, 0.29) is 5.82 Å². The summed E-state index contributed by atoms with van der Waals surface area (Å²) in [4.78, 5) is 16.7. The topological polar surface area (TPSA) is 83.1 Å². The number of benzene rings is 1. The molecule has 0 radical (unpaired) electrons. The van der Waals surface area contributed by atoms with Gasteiger partial charge < -0.3 is 4.98 Å². The molecule has 0 aliphatic heterocycles. The van der Waals surface area contributed by atoms with Crippen molar-refractivity contribution in [3.63, 3.8) is 0 Å². The van der Waals surface area contributed by atoms with Crippen LogP contribution in [0.4, 0.5) is 4.39 Å². The maximum absolute atomic E-state index is 14.4. The fourth-order valence-corrected chi connectivity index (χ4v) is 3.82. The van der Waals surface area contributed by atoms with Crippen molar-refractivity contribution in [2.24, 2.45) is 0 Å². The van der Waals surface area contributed by atoms with Crippen LogP contribution in [0.2, 0.25) is 0 Å². The predicted molar refractivity (Wildman–Crippen MR) is 118 cm³/mol. The molecule has 31 heavy (non-hydrogen) atoms. The van der Waals surface area contributed by atoms with Crippen molar-refractivity contribution in [2.45, 2.75) is 0 Å². The van der Waals surface area contributed by atoms with Crippen LogP contribution in [-0.2, 0) is 0 Å². The third-order valence-electron chi connectivity index (χ3n) is 5.32. The third kappa shape index (κ3) is 2.86. The molecule has 1 aromatic carbocycles. The standard InChI is InChI=1S/C24H15FN6/c25-17-4-2-1-3-15(17)22-16-13-21(28-19(16)9-12-27-22)24-23-20(30-31-24)6-5-18(29-23)14-7-10-26-11-8-14/h1-13,28H,(H,30,31). The van der Waals surface area contributed by atoms with Crippen LogP contribution in [0.5, 0.6) is 0 Å². The van der Waals surface area contributed by atoms with Crippen molar-refractivity contribution in [3.8, 4) is 33.9 Å². The summed E-state index contributed by atoms with van der Waals surface area (Å²) >= 11 is 0. The molecule has 0 spiro atoms. The number of pyridine rings is 3. The summed E-state index contributed by atoms with van der Waals surface area (Å²) in [5, 5.41) is 8.36. The Morgan fingerprint density at radius 3 is 2.55 bits per heavy atom. The molecule has 0 saturated heterocycles. The normalized spacial score (nSPS) is 11.4. The smallest absolute Gasteiger partial charge is 0.135 e. The van der Waals surface area contributed by atoms with E-state index < -0.39 is 0 Å². The van der Waals surface area contributed by atoms with Crippen molar-refractivity contribution in [1.82, 2.24) is 30.1 Å². The van der Waals surface area contributed by atoms with Gasteiger partial charge >= 0.3 is 0 Å². The first-order chi connectivity index (χ1) is 15.3. The molecule has 0 fully saturated rings. The van der Waals surface area contributed by atoms with Crippen LogP contribution in [0.1, 0.15) is 0 Å². The molecule has 0 aliphatic rings. The average Bonchev–Trinajstić information content (AvgIpc) is 3.43. The lowest BCUT2D eigenvalue weighted by Crippen LogP contribution is -1.87. The predicted octanol–water partition coefficient (Wildman–Crippen LogP) is 5.37. The average molecular weight is 406 g/mol. The van der Waals surface area contributed by atoms with E-state index in [1.807, 2.05) is 36.4 Å². The number of aromatic amines is 2. The number of aromatic nitrogens is 6. The maximum Gasteiger partial charge on any atom is 0.135 e. The van der Waals surface area contributed by atoms with Crippen molar-refractivity contribution < 1.29 is 4.39 Å². The zero-order valence-corrected chi connectivity index (χ0v) is 16.2. The fraction of sp³-hybridized carbons (Fsp3) is 0. The molecule has 0 saturated carbocycles. The minimum atomic E-state index is -0.306. The summed E-state index contributed by atoms with van der Waals surface area (Å²) in [5.74, 6) is -0.306. The summed E-state index contributed by atoms with van der Waals surface area (Å²) < 4.78 is 14.4. The second kappa shape index (κ2) is 6.84. The van der Waals surface area contributed by atoms with Gasteiger partial charge in [0.15, 0.2) is 0 Å². The summed E-state index contributed by atoms with van der Waals surface area (Å²) in [6, 6.07) is 18.2. The van der Waals surface area contributed by atoms with Gasteiger partial charge in [-0.05, 0) is 48.5 Å². The van der Waals surface area contributed by atoms with Crippen LogP contribution in [-0.4, -0.2) is 30.1 Å². The van der Waals surface area contributed by atoms with E-state index in [0.29, 0.717) is 17.0 Å². The molecule has 6 aromatic rings. The molecule has 0 amide bonds. The Labute approximate surface area is 175 Å². The van der Waals surface area contributed by atoms with Gasteiger partial charge in [0.25, 0.3) is 0 Å². The first-order valence-corrected chi connectivity index (χ1v) is 9.76. The highest BCUT2D eigenvalue weighted by atomic mass is 19.1. The van der Waals surface area contributed by atoms with Crippen LogP contribution in [0, 0.1) is 5.82 Å². The zero-order chi connectivity index (χ0) is 20.8. The molecule has 6 rings (SSSR count). The summed E-state index contributed by atoms with van der Waals surface area (Å²) in [5.41, 5.74) is 6.78. The Balaban J connectivity index is 1.53. The number of nitrogens with one attached hydrogen (secondary N) is 2. The molecule has 2 N–H and O–H groups in total. The van der Waals surface area contributed by atoms with Crippen LogP contribution in [0.25, 0.3) is 55.8 Å². The van der Waals surface area contributed by atoms with Crippen LogP contribution in [0.15, 0.2) is 79.3 Å². The SMILES string of the molecule is Fc1ccccc1-c1nccc2[nH]c(-c3n[nH]c4ccc(-c5ccncc5)nc34)cc12. The zero-order valence-electron chi connectivity index (χ0n) is 16.2. The Morgan fingerprint density at radius 2 is 1.68 bits per heavy atom. The van der Waals surface area contributed by atoms with Crippen molar-refractivity contribution >= 4 is 21.9 Å². The van der Waals surface area contributed by atoms with Crippen LogP contribution in [0.3, 0.4) is 0 Å². The molecular formula is C24H15FN6. The summed E-state index contributed by atoms with van der Waals surface area (Å²) in [6.07, 6.45) is 5.16. The lowest BCUT2D eigenvalue weighted by atomic mass is 10.1. The molecule has 5 aromatic heterocycles. The van der Waals surface area contributed by atoms with Gasteiger partial charge in [-0.2, -0.15) is 5.10 Å². The lowest BCUT2D eigenvalue weighted by Gasteiger charge is -2.03. The van der Waals surface area contributed by atoms with Crippen molar-refractivity contribution in [2.75, 3.05) is 0 Å². The van der Waals surface area contributed by atoms with Crippen molar-refractivity contribution in [1.29, 1.82) is 0 Å². The summed E-state index contributed by atoms with van der Waals surface area (Å²) in [7, 11) is 0. The fourth-order valence-electron chi connectivity index (χ4n) is 3.82. The summed E-state index contributed by atoms with van der Waals surface area (Å²) in [6.45, 7) is 0. The molecule has 6 nitrogen and oxygen atoms in total. The van der Waals surface area contributed by atoms with E-state index in [0.717, 1.165) is 38.9 Å². The highest BCUT2D eigenvalue weighted by molar-refractivity contribution is 5.99. The van der Waals surface area contributed by atoms with Crippen LogP contribution >= 0.6 is 0 Å². The molecular weight excluding hydrogens is 391 g/mol. The molecule has 148 valence electrons. The van der Waals surface area contributed by atoms with Gasteiger partial charge in [-0.1, -0.05) is 12.1 Å². The number of rotatable bonds is 3. The van der Waals surface area contributed by atoms with Crippen LogP contribution < -0.4 is 0 Å². The Kier molecular flexibility index (Phi) is 3.86. The van der Waals surface area contributed by atoms with E-state index >= 15 is 0 Å². The largest absolute Gasteiger partial charge is 0.353 e. The number of hydrogen-bond acceptors (Lipinski definition) is 4. The van der Waals surface area contributed by atoms with Crippen molar-refractivity contribution in [3.05, 3.63) is 85.1 Å². The second-order valence-corrected chi connectivity index (χ2v) is 7.18. The molecule has 7 heteroatoms. The van der Waals surface area contributed by atoms with E-state index in [9.17, 15) is 4.39 Å². The highest BCUT2D eigenvalue weighted by Gasteiger charge is 2.17. The molecule has 0 unspecified atom stereocenters. The Hall–Kier alpha value is -4.39. The van der Waals surface area contributed by atoms with E-state index in [1.54, 1.807) is 36.8 Å². The van der Waals surface area contributed by atoms with E-state index in [2.05, 4.69) is 25.1 Å². The number of halogens is 1. The molecule has 0 aliphatic carbocycles. The number of hydrogen-bond donors (Lipinski definition) is 2. The Bertz CT molecular complexity index is 1550. The minimum Gasteiger partial charge on any atom is -0.353 e. The van der Waals surface area contributed by atoms with Gasteiger partial charge in [0.2, 0.25) is 0 Å². The monoisotopic (exact) mass is 406 g/mol. The third-order valence-corrected chi connectivity index (χ3v) is 5.32. The minimum absolute atomic E-state index is 0.306. The van der Waals surface area contributed by atoms with E-state index in [1.165, 1.54) is 6.07 Å². The Morgan fingerprint density at radius 1 is 0.806 bits per heavy atom. The van der Waals surface area contributed by atoms with Gasteiger partial charge in [0, 0.05) is 40.6 Å². The maximum atomic E-state index is 14.4. The highest BCUT2D eigenvalue weighted by Crippen LogP contribution is 2.33. The van der Waals surface area contributed by atoms with Gasteiger partial charge in [-0.3, -0.25) is 15.1 Å². The number of fused-ring (bicyclic) bond motifs is 2. The first-order valence-electron chi connectivity index (χ1n) is 9.76. The molecule has 5 heterocycles. The van der Waals surface area contributed by atoms with Gasteiger partial charge in [-0.25, -0.2) is 9.37 Å². The quantitative estimate of drug-likeness (QED) is 0.414. The van der Waals surface area contributed by atoms with E-state index in [4.69, 9.17) is 4.98 Å². The van der Waals surface area contributed by atoms with Gasteiger partial charge in [0.1, 0.15) is 17.0 Å². The second-order valence-electron chi connectivity index (χ2n) is 7.18. The first kappa shape index (κ1) is 17.5.